The summed E-state index contributed by atoms with van der Waals surface area (Å²) in [5, 5.41) is 4.50. The van der Waals surface area contributed by atoms with E-state index in [1.165, 1.54) is 11.1 Å². The summed E-state index contributed by atoms with van der Waals surface area (Å²) in [7, 11) is 3.64. The van der Waals surface area contributed by atoms with Crippen molar-refractivity contribution in [2.75, 3.05) is 13.7 Å². The van der Waals surface area contributed by atoms with E-state index < -0.39 is 0 Å². The summed E-state index contributed by atoms with van der Waals surface area (Å²) in [4.78, 5) is 0. The van der Waals surface area contributed by atoms with Crippen LogP contribution in [0, 0.1) is 13.8 Å². The van der Waals surface area contributed by atoms with Crippen molar-refractivity contribution < 1.29 is 4.74 Å². The molecule has 19 heavy (non-hydrogen) atoms. The first kappa shape index (κ1) is 13.6. The molecule has 1 aromatic carbocycles. The second kappa shape index (κ2) is 5.45. The van der Waals surface area contributed by atoms with Crippen LogP contribution in [0.15, 0.2) is 18.3 Å². The highest BCUT2D eigenvalue weighted by Crippen LogP contribution is 2.36. The van der Waals surface area contributed by atoms with Crippen LogP contribution >= 0.6 is 0 Å². The van der Waals surface area contributed by atoms with Crippen LogP contribution < -0.4 is 10.5 Å². The second-order valence-corrected chi connectivity index (χ2v) is 4.86. The molecule has 1 aromatic heterocycles. The Hall–Kier alpha value is -1.81. The van der Waals surface area contributed by atoms with Crippen LogP contribution in [0.3, 0.4) is 0 Å². The number of aryl methyl sites for hydroxylation is 3. The van der Waals surface area contributed by atoms with E-state index in [0.717, 1.165) is 29.0 Å². The van der Waals surface area contributed by atoms with Gasteiger partial charge in [0.05, 0.1) is 12.8 Å². The number of hydrogen-bond acceptors (Lipinski definition) is 3. The zero-order valence-corrected chi connectivity index (χ0v) is 12.0. The van der Waals surface area contributed by atoms with E-state index in [1.54, 1.807) is 7.11 Å². The van der Waals surface area contributed by atoms with Crippen LogP contribution in [0.5, 0.6) is 5.75 Å². The van der Waals surface area contributed by atoms with Crippen LogP contribution in [-0.4, -0.2) is 23.4 Å². The highest BCUT2D eigenvalue weighted by molar-refractivity contribution is 5.75. The molecule has 2 aromatic rings. The van der Waals surface area contributed by atoms with Gasteiger partial charge in [-0.15, -0.1) is 0 Å². The lowest BCUT2D eigenvalue weighted by molar-refractivity contribution is 0.416. The van der Waals surface area contributed by atoms with Gasteiger partial charge in [-0.3, -0.25) is 4.68 Å². The molecule has 0 aliphatic rings. The van der Waals surface area contributed by atoms with Crippen LogP contribution in [0.1, 0.15) is 16.8 Å². The Balaban J connectivity index is 2.64. The Morgan fingerprint density at radius 1 is 1.32 bits per heavy atom. The molecule has 4 heteroatoms. The molecule has 0 bridgehead atoms. The summed E-state index contributed by atoms with van der Waals surface area (Å²) in [6, 6.07) is 4.22. The fourth-order valence-corrected chi connectivity index (χ4v) is 2.50. The lowest BCUT2D eigenvalue weighted by Gasteiger charge is -2.13. The SMILES string of the molecule is COc1cc(C)cc(C)c1-c1cn(C)nc1CCN. The van der Waals surface area contributed by atoms with Gasteiger partial charge in [0.1, 0.15) is 5.75 Å². The quantitative estimate of drug-likeness (QED) is 0.916. The number of rotatable bonds is 4. The Labute approximate surface area is 114 Å². The molecule has 0 aliphatic heterocycles. The van der Waals surface area contributed by atoms with Crippen molar-refractivity contribution in [3.05, 3.63) is 35.2 Å². The van der Waals surface area contributed by atoms with E-state index in [2.05, 4.69) is 31.1 Å². The number of benzene rings is 1. The third-order valence-electron chi connectivity index (χ3n) is 3.22. The minimum atomic E-state index is 0.594. The van der Waals surface area contributed by atoms with E-state index in [9.17, 15) is 0 Å². The van der Waals surface area contributed by atoms with E-state index >= 15 is 0 Å². The molecule has 1 heterocycles. The molecule has 0 unspecified atom stereocenters. The topological polar surface area (TPSA) is 53.1 Å². The average Bonchev–Trinajstić information content (AvgIpc) is 2.69. The summed E-state index contributed by atoms with van der Waals surface area (Å²) in [6.07, 6.45) is 2.80. The maximum atomic E-state index is 5.67. The number of ether oxygens (including phenoxy) is 1. The normalized spacial score (nSPS) is 10.8. The van der Waals surface area contributed by atoms with Gasteiger partial charge >= 0.3 is 0 Å². The molecule has 0 saturated carbocycles. The molecule has 102 valence electrons. The zero-order valence-electron chi connectivity index (χ0n) is 12.0. The first-order chi connectivity index (χ1) is 9.06. The van der Waals surface area contributed by atoms with Gasteiger partial charge in [0, 0.05) is 30.8 Å². The largest absolute Gasteiger partial charge is 0.496 e. The van der Waals surface area contributed by atoms with Crippen molar-refractivity contribution in [1.82, 2.24) is 9.78 Å². The molecule has 0 aliphatic carbocycles. The molecule has 0 fully saturated rings. The van der Waals surface area contributed by atoms with Crippen LogP contribution in [-0.2, 0) is 13.5 Å². The van der Waals surface area contributed by atoms with E-state index in [-0.39, 0.29) is 0 Å². The highest BCUT2D eigenvalue weighted by atomic mass is 16.5. The number of nitrogens with two attached hydrogens (primary N) is 1. The van der Waals surface area contributed by atoms with Gasteiger partial charge in [-0.2, -0.15) is 5.10 Å². The Morgan fingerprint density at radius 3 is 2.68 bits per heavy atom. The maximum absolute atomic E-state index is 5.67. The van der Waals surface area contributed by atoms with Gasteiger partial charge in [0.25, 0.3) is 0 Å². The third-order valence-corrected chi connectivity index (χ3v) is 3.22. The lowest BCUT2D eigenvalue weighted by Crippen LogP contribution is -2.05. The fourth-order valence-electron chi connectivity index (χ4n) is 2.50. The van der Waals surface area contributed by atoms with Crippen molar-refractivity contribution in [2.45, 2.75) is 20.3 Å². The number of hydrogen-bond donors (Lipinski definition) is 1. The summed E-state index contributed by atoms with van der Waals surface area (Å²) in [5.74, 6) is 0.892. The van der Waals surface area contributed by atoms with Gasteiger partial charge in [0.2, 0.25) is 0 Å². The minimum Gasteiger partial charge on any atom is -0.496 e. The monoisotopic (exact) mass is 259 g/mol. The van der Waals surface area contributed by atoms with E-state index in [0.29, 0.717) is 6.54 Å². The van der Waals surface area contributed by atoms with Gasteiger partial charge in [-0.1, -0.05) is 6.07 Å². The standard InChI is InChI=1S/C15H21N3O/c1-10-7-11(2)15(14(8-10)19-4)12-9-18(3)17-13(12)5-6-16/h7-9H,5-6,16H2,1-4H3. The Kier molecular flexibility index (Phi) is 3.90. The van der Waals surface area contributed by atoms with Gasteiger partial charge in [-0.25, -0.2) is 0 Å². The van der Waals surface area contributed by atoms with Crippen molar-refractivity contribution in [2.24, 2.45) is 12.8 Å². The summed E-state index contributed by atoms with van der Waals surface area (Å²) >= 11 is 0. The number of nitrogens with zero attached hydrogens (tertiary/aromatic N) is 2. The van der Waals surface area contributed by atoms with Gasteiger partial charge in [-0.05, 0) is 37.6 Å². The molecular weight excluding hydrogens is 238 g/mol. The second-order valence-electron chi connectivity index (χ2n) is 4.86. The first-order valence-corrected chi connectivity index (χ1v) is 6.45. The van der Waals surface area contributed by atoms with E-state index in [1.807, 2.05) is 17.9 Å². The van der Waals surface area contributed by atoms with Crippen molar-refractivity contribution in [3.8, 4) is 16.9 Å². The minimum absolute atomic E-state index is 0.594. The first-order valence-electron chi connectivity index (χ1n) is 6.45. The predicted molar refractivity (Wildman–Crippen MR) is 77.4 cm³/mol. The van der Waals surface area contributed by atoms with Crippen molar-refractivity contribution in [3.63, 3.8) is 0 Å². The van der Waals surface area contributed by atoms with E-state index in [4.69, 9.17) is 10.5 Å². The highest BCUT2D eigenvalue weighted by Gasteiger charge is 2.16. The predicted octanol–water partition coefficient (Wildman–Crippen LogP) is 2.21. The molecule has 0 saturated heterocycles. The molecule has 0 atom stereocenters. The third kappa shape index (κ3) is 2.63. The average molecular weight is 259 g/mol. The number of methoxy groups -OCH3 is 1. The van der Waals surface area contributed by atoms with Gasteiger partial charge < -0.3 is 10.5 Å². The molecule has 0 radical (unpaired) electrons. The van der Waals surface area contributed by atoms with Crippen LogP contribution in [0.4, 0.5) is 0 Å². The number of aromatic nitrogens is 2. The van der Waals surface area contributed by atoms with Crippen LogP contribution in [0.25, 0.3) is 11.1 Å². The molecular formula is C15H21N3O. The van der Waals surface area contributed by atoms with Crippen LogP contribution in [0.2, 0.25) is 0 Å². The van der Waals surface area contributed by atoms with Crippen molar-refractivity contribution >= 4 is 0 Å². The smallest absolute Gasteiger partial charge is 0.127 e. The molecule has 2 rings (SSSR count). The Bertz CT molecular complexity index is 587. The zero-order chi connectivity index (χ0) is 14.0. The lowest BCUT2D eigenvalue weighted by atomic mass is 9.97. The van der Waals surface area contributed by atoms with Gasteiger partial charge in [0.15, 0.2) is 0 Å². The summed E-state index contributed by atoms with van der Waals surface area (Å²) in [6.45, 7) is 4.77. The van der Waals surface area contributed by atoms with Crippen molar-refractivity contribution in [1.29, 1.82) is 0 Å². The molecule has 2 N–H and O–H groups in total. The molecule has 4 nitrogen and oxygen atoms in total. The maximum Gasteiger partial charge on any atom is 0.127 e. The fraction of sp³-hybridized carbons (Fsp3) is 0.400. The summed E-state index contributed by atoms with van der Waals surface area (Å²) < 4.78 is 7.37. The Morgan fingerprint density at radius 2 is 2.05 bits per heavy atom. The summed E-state index contributed by atoms with van der Waals surface area (Å²) in [5.41, 5.74) is 11.3. The molecule has 0 spiro atoms. The molecule has 0 amide bonds.